The van der Waals surface area contributed by atoms with E-state index in [1.54, 1.807) is 12.1 Å². The molecule has 20 heavy (non-hydrogen) atoms. The summed E-state index contributed by atoms with van der Waals surface area (Å²) >= 11 is 0. The molecule has 2 unspecified atom stereocenters. The van der Waals surface area contributed by atoms with E-state index in [1.807, 2.05) is 0 Å². The van der Waals surface area contributed by atoms with Gasteiger partial charge in [-0.15, -0.1) is 0 Å². The van der Waals surface area contributed by atoms with Crippen LogP contribution in [0.5, 0.6) is 0 Å². The molecule has 2 rings (SSSR count). The van der Waals surface area contributed by atoms with E-state index in [0.29, 0.717) is 12.1 Å². The zero-order chi connectivity index (χ0) is 15.0. The molecule has 1 aromatic rings. The fraction of sp³-hybridized carbons (Fsp3) is 0.500. The van der Waals surface area contributed by atoms with Crippen LogP contribution in [0.15, 0.2) is 29.2 Å². The van der Waals surface area contributed by atoms with Gasteiger partial charge in [0.1, 0.15) is 0 Å². The first-order chi connectivity index (χ1) is 9.18. The zero-order valence-electron chi connectivity index (χ0n) is 11.1. The molecule has 6 nitrogen and oxygen atoms in total. The van der Waals surface area contributed by atoms with E-state index in [9.17, 15) is 16.8 Å². The quantitative estimate of drug-likeness (QED) is 0.850. The first-order valence-corrected chi connectivity index (χ1v) is 9.76. The number of hydrogen-bond acceptors (Lipinski definition) is 5. The molecule has 112 valence electrons. The van der Waals surface area contributed by atoms with Crippen LogP contribution in [0.3, 0.4) is 0 Å². The van der Waals surface area contributed by atoms with Crippen molar-refractivity contribution in [2.75, 3.05) is 11.6 Å². The lowest BCUT2D eigenvalue weighted by Gasteiger charge is -2.20. The predicted molar refractivity (Wildman–Crippen MR) is 77.7 cm³/mol. The smallest absolute Gasteiger partial charge is 0.238 e. The highest BCUT2D eigenvalue weighted by molar-refractivity contribution is 7.91. The van der Waals surface area contributed by atoms with Gasteiger partial charge in [0.05, 0.1) is 10.1 Å². The van der Waals surface area contributed by atoms with Gasteiger partial charge < -0.3 is 5.32 Å². The van der Waals surface area contributed by atoms with Crippen LogP contribution in [-0.4, -0.2) is 34.4 Å². The van der Waals surface area contributed by atoms with E-state index in [4.69, 9.17) is 5.14 Å². The lowest BCUT2D eigenvalue weighted by atomic mass is 10.2. The van der Waals surface area contributed by atoms with Crippen molar-refractivity contribution >= 4 is 25.5 Å². The zero-order valence-corrected chi connectivity index (χ0v) is 12.7. The molecule has 1 aliphatic carbocycles. The van der Waals surface area contributed by atoms with Crippen LogP contribution in [0.1, 0.15) is 19.3 Å². The number of nitrogens with two attached hydrogens (primary N) is 1. The Bertz CT molecular complexity index is 698. The number of primary sulfonamides is 1. The van der Waals surface area contributed by atoms with Gasteiger partial charge in [0.2, 0.25) is 10.0 Å². The maximum Gasteiger partial charge on any atom is 0.238 e. The summed E-state index contributed by atoms with van der Waals surface area (Å²) in [4.78, 5) is 0.0106. The van der Waals surface area contributed by atoms with Crippen LogP contribution in [0.4, 0.5) is 5.69 Å². The van der Waals surface area contributed by atoms with Crippen LogP contribution in [0.2, 0.25) is 0 Å². The van der Waals surface area contributed by atoms with Crippen LogP contribution in [0.25, 0.3) is 0 Å². The molecule has 2 atom stereocenters. The van der Waals surface area contributed by atoms with E-state index in [2.05, 4.69) is 5.32 Å². The Morgan fingerprint density at radius 3 is 2.50 bits per heavy atom. The van der Waals surface area contributed by atoms with Gasteiger partial charge in [0.15, 0.2) is 9.84 Å². The molecule has 8 heteroatoms. The average Bonchev–Trinajstić information content (AvgIpc) is 2.76. The Morgan fingerprint density at radius 1 is 1.20 bits per heavy atom. The molecule has 0 saturated heterocycles. The normalized spacial score (nSPS) is 23.7. The lowest BCUT2D eigenvalue weighted by Crippen LogP contribution is -2.34. The van der Waals surface area contributed by atoms with Crippen molar-refractivity contribution in [2.45, 2.75) is 35.4 Å². The third-order valence-electron chi connectivity index (χ3n) is 3.52. The highest BCUT2D eigenvalue weighted by Gasteiger charge is 2.34. The lowest BCUT2D eigenvalue weighted by molar-refractivity contribution is 0.579. The molecule has 0 aliphatic heterocycles. The van der Waals surface area contributed by atoms with Crippen molar-refractivity contribution in [3.05, 3.63) is 24.3 Å². The monoisotopic (exact) mass is 318 g/mol. The van der Waals surface area contributed by atoms with Crippen molar-refractivity contribution in [3.63, 3.8) is 0 Å². The molecular weight excluding hydrogens is 300 g/mol. The maximum absolute atomic E-state index is 11.7. The highest BCUT2D eigenvalue weighted by atomic mass is 32.2. The molecule has 0 heterocycles. The summed E-state index contributed by atoms with van der Waals surface area (Å²) < 4.78 is 46.0. The van der Waals surface area contributed by atoms with Gasteiger partial charge in [-0.25, -0.2) is 22.0 Å². The number of sulfone groups is 1. The Balaban J connectivity index is 2.22. The molecular formula is C12H18N2O4S2. The van der Waals surface area contributed by atoms with Gasteiger partial charge >= 0.3 is 0 Å². The SMILES string of the molecule is CS(=O)(=O)C1CCCC1Nc1cccc(S(N)(=O)=O)c1. The topological polar surface area (TPSA) is 106 Å². The van der Waals surface area contributed by atoms with E-state index in [0.717, 1.165) is 12.8 Å². The molecule has 1 aromatic carbocycles. The van der Waals surface area contributed by atoms with Gasteiger partial charge in [-0.05, 0) is 37.5 Å². The number of hydrogen-bond donors (Lipinski definition) is 2. The number of anilines is 1. The van der Waals surface area contributed by atoms with Crippen molar-refractivity contribution in [1.29, 1.82) is 0 Å². The summed E-state index contributed by atoms with van der Waals surface area (Å²) in [5, 5.41) is 7.76. The molecule has 0 radical (unpaired) electrons. The van der Waals surface area contributed by atoms with Gasteiger partial charge in [-0.3, -0.25) is 0 Å². The third kappa shape index (κ3) is 3.50. The minimum absolute atomic E-state index is 0.0106. The van der Waals surface area contributed by atoms with E-state index < -0.39 is 25.1 Å². The summed E-state index contributed by atoms with van der Waals surface area (Å²) in [7, 11) is -6.87. The minimum Gasteiger partial charge on any atom is -0.381 e. The van der Waals surface area contributed by atoms with Gasteiger partial charge in [-0.1, -0.05) is 6.07 Å². The van der Waals surface area contributed by atoms with Crippen molar-refractivity contribution < 1.29 is 16.8 Å². The first kappa shape index (κ1) is 15.3. The molecule has 1 aliphatic rings. The number of nitrogens with one attached hydrogen (secondary N) is 1. The molecule has 1 saturated carbocycles. The van der Waals surface area contributed by atoms with Crippen LogP contribution >= 0.6 is 0 Å². The van der Waals surface area contributed by atoms with Crippen LogP contribution < -0.4 is 10.5 Å². The van der Waals surface area contributed by atoms with Crippen LogP contribution in [0, 0.1) is 0 Å². The average molecular weight is 318 g/mol. The molecule has 0 bridgehead atoms. The van der Waals surface area contributed by atoms with E-state index >= 15 is 0 Å². The van der Waals surface area contributed by atoms with E-state index in [1.165, 1.54) is 18.4 Å². The second-order valence-electron chi connectivity index (χ2n) is 5.12. The van der Waals surface area contributed by atoms with Gasteiger partial charge in [-0.2, -0.15) is 0 Å². The number of sulfonamides is 1. The summed E-state index contributed by atoms with van der Waals surface area (Å²) in [5.74, 6) is 0. The molecule has 0 spiro atoms. The summed E-state index contributed by atoms with van der Waals surface area (Å²) in [6, 6.07) is 5.91. The van der Waals surface area contributed by atoms with Crippen molar-refractivity contribution in [3.8, 4) is 0 Å². The molecule has 1 fully saturated rings. The summed E-state index contributed by atoms with van der Waals surface area (Å²) in [6.07, 6.45) is 3.45. The Hall–Kier alpha value is -1.12. The molecule has 0 amide bonds. The second-order valence-corrected chi connectivity index (χ2v) is 8.95. The second kappa shape index (κ2) is 5.34. The number of rotatable bonds is 4. The van der Waals surface area contributed by atoms with Crippen LogP contribution in [-0.2, 0) is 19.9 Å². The maximum atomic E-state index is 11.7. The third-order valence-corrected chi connectivity index (χ3v) is 6.09. The van der Waals surface area contributed by atoms with Crippen molar-refractivity contribution in [2.24, 2.45) is 5.14 Å². The Kier molecular flexibility index (Phi) is 4.08. The fourth-order valence-corrected chi connectivity index (χ4v) is 4.54. The molecule has 3 N–H and O–H groups in total. The highest BCUT2D eigenvalue weighted by Crippen LogP contribution is 2.28. The fourth-order valence-electron chi connectivity index (χ4n) is 2.58. The Morgan fingerprint density at radius 2 is 1.90 bits per heavy atom. The summed E-state index contributed by atoms with van der Waals surface area (Å²) in [5.41, 5.74) is 0.567. The first-order valence-electron chi connectivity index (χ1n) is 6.26. The summed E-state index contributed by atoms with van der Waals surface area (Å²) in [6.45, 7) is 0. The molecule has 0 aromatic heterocycles. The van der Waals surface area contributed by atoms with Crippen molar-refractivity contribution in [1.82, 2.24) is 0 Å². The minimum atomic E-state index is -3.76. The largest absolute Gasteiger partial charge is 0.381 e. The number of benzene rings is 1. The predicted octanol–water partition coefficient (Wildman–Crippen LogP) is 0.712. The Labute approximate surface area is 119 Å². The van der Waals surface area contributed by atoms with E-state index in [-0.39, 0.29) is 10.9 Å². The van der Waals surface area contributed by atoms with Gasteiger partial charge in [0.25, 0.3) is 0 Å². The standard InChI is InChI=1S/C12H18N2O4S2/c1-19(15,16)12-7-3-6-11(12)14-9-4-2-5-10(8-9)20(13,17)18/h2,4-5,8,11-12,14H,3,6-7H2,1H3,(H2,13,17,18). The van der Waals surface area contributed by atoms with Gasteiger partial charge in [0, 0.05) is 18.0 Å².